The van der Waals surface area contributed by atoms with E-state index in [1.807, 2.05) is 0 Å². The molecule has 0 heterocycles. The van der Waals surface area contributed by atoms with Gasteiger partial charge in [-0.1, -0.05) is 22.9 Å². The Balaban J connectivity index is 1.84. The second-order valence-corrected chi connectivity index (χ2v) is 6.60. The van der Waals surface area contributed by atoms with E-state index in [4.69, 9.17) is 0 Å². The number of rotatable bonds is 4. The van der Waals surface area contributed by atoms with Crippen molar-refractivity contribution in [3.8, 4) is 0 Å². The first kappa shape index (κ1) is 14.9. The van der Waals surface area contributed by atoms with Crippen LogP contribution < -0.4 is 5.32 Å². The van der Waals surface area contributed by atoms with Crippen LogP contribution in [0.3, 0.4) is 0 Å². The molecular formula is C15H21BrFNO. The Kier molecular flexibility index (Phi) is 4.98. The third-order valence-electron chi connectivity index (χ3n) is 3.98. The van der Waals surface area contributed by atoms with Crippen LogP contribution in [-0.2, 0) is 6.54 Å². The molecule has 1 aromatic carbocycles. The largest absolute Gasteiger partial charge is 0.389 e. The number of aliphatic hydroxyl groups is 1. The molecule has 1 aliphatic rings. The van der Waals surface area contributed by atoms with Crippen molar-refractivity contribution < 1.29 is 9.50 Å². The van der Waals surface area contributed by atoms with Crippen LogP contribution in [0.5, 0.6) is 0 Å². The van der Waals surface area contributed by atoms with E-state index in [2.05, 4.69) is 28.2 Å². The van der Waals surface area contributed by atoms with Gasteiger partial charge in [-0.25, -0.2) is 4.39 Å². The molecule has 0 bridgehead atoms. The highest BCUT2D eigenvalue weighted by Crippen LogP contribution is 2.31. The number of halogens is 2. The van der Waals surface area contributed by atoms with Gasteiger partial charge in [-0.3, -0.25) is 0 Å². The molecule has 2 N–H and O–H groups in total. The molecule has 0 amide bonds. The molecule has 0 aliphatic heterocycles. The van der Waals surface area contributed by atoms with Crippen LogP contribution in [-0.4, -0.2) is 17.3 Å². The summed E-state index contributed by atoms with van der Waals surface area (Å²) in [5, 5.41) is 13.7. The summed E-state index contributed by atoms with van der Waals surface area (Å²) in [5.41, 5.74) is 0.291. The summed E-state index contributed by atoms with van der Waals surface area (Å²) in [7, 11) is 0. The smallest absolute Gasteiger partial charge is 0.123 e. The lowest BCUT2D eigenvalue weighted by molar-refractivity contribution is -0.00631. The quantitative estimate of drug-likeness (QED) is 0.884. The van der Waals surface area contributed by atoms with Crippen LogP contribution >= 0.6 is 15.9 Å². The van der Waals surface area contributed by atoms with Gasteiger partial charge in [0.2, 0.25) is 0 Å². The van der Waals surface area contributed by atoms with Crippen molar-refractivity contribution in [3.63, 3.8) is 0 Å². The topological polar surface area (TPSA) is 32.3 Å². The lowest BCUT2D eigenvalue weighted by Gasteiger charge is -2.35. The van der Waals surface area contributed by atoms with E-state index in [0.717, 1.165) is 41.6 Å². The van der Waals surface area contributed by atoms with Gasteiger partial charge >= 0.3 is 0 Å². The van der Waals surface area contributed by atoms with Gasteiger partial charge in [0.15, 0.2) is 0 Å². The van der Waals surface area contributed by atoms with E-state index in [-0.39, 0.29) is 5.82 Å². The monoisotopic (exact) mass is 329 g/mol. The third-order valence-corrected chi connectivity index (χ3v) is 4.76. The average molecular weight is 330 g/mol. The summed E-state index contributed by atoms with van der Waals surface area (Å²) in [6.45, 7) is 3.37. The molecule has 1 fully saturated rings. The molecule has 0 radical (unpaired) electrons. The van der Waals surface area contributed by atoms with Crippen molar-refractivity contribution in [3.05, 3.63) is 34.1 Å². The molecule has 0 saturated heterocycles. The molecular weight excluding hydrogens is 309 g/mol. The maximum Gasteiger partial charge on any atom is 0.123 e. The second kappa shape index (κ2) is 6.33. The van der Waals surface area contributed by atoms with Crippen LogP contribution in [0.1, 0.15) is 38.2 Å². The maximum atomic E-state index is 13.1. The van der Waals surface area contributed by atoms with E-state index in [0.29, 0.717) is 13.1 Å². The number of hydrogen-bond donors (Lipinski definition) is 2. The zero-order valence-electron chi connectivity index (χ0n) is 11.3. The van der Waals surface area contributed by atoms with Gasteiger partial charge < -0.3 is 10.4 Å². The highest BCUT2D eigenvalue weighted by molar-refractivity contribution is 9.10. The minimum absolute atomic E-state index is 0.231. The predicted molar refractivity (Wildman–Crippen MR) is 78.4 cm³/mol. The van der Waals surface area contributed by atoms with Crippen LogP contribution in [0.15, 0.2) is 22.7 Å². The van der Waals surface area contributed by atoms with Gasteiger partial charge in [0.05, 0.1) is 5.60 Å². The second-order valence-electron chi connectivity index (χ2n) is 5.75. The predicted octanol–water partition coefficient (Wildman–Crippen LogP) is 3.62. The molecule has 2 rings (SSSR count). The van der Waals surface area contributed by atoms with E-state index < -0.39 is 5.60 Å². The first-order valence-electron chi connectivity index (χ1n) is 6.85. The standard InChI is InChI=1S/C15H21BrFNO/c1-11-4-6-15(19,7-5-11)10-18-9-12-8-13(17)2-3-14(12)16/h2-3,8,11,18-19H,4-7,9-10H2,1H3. The molecule has 1 aliphatic carbocycles. The number of hydrogen-bond acceptors (Lipinski definition) is 2. The maximum absolute atomic E-state index is 13.1. The van der Waals surface area contributed by atoms with Gasteiger partial charge in [-0.15, -0.1) is 0 Å². The Morgan fingerprint density at radius 3 is 2.79 bits per heavy atom. The highest BCUT2D eigenvalue weighted by atomic mass is 79.9. The Labute approximate surface area is 122 Å². The summed E-state index contributed by atoms with van der Waals surface area (Å²) in [4.78, 5) is 0. The number of benzene rings is 1. The van der Waals surface area contributed by atoms with E-state index in [9.17, 15) is 9.50 Å². The number of nitrogens with one attached hydrogen (secondary N) is 1. The Morgan fingerprint density at radius 2 is 2.11 bits per heavy atom. The Morgan fingerprint density at radius 1 is 1.42 bits per heavy atom. The van der Waals surface area contributed by atoms with Crippen molar-refractivity contribution in [2.24, 2.45) is 5.92 Å². The summed E-state index contributed by atoms with van der Waals surface area (Å²) < 4.78 is 14.0. The molecule has 1 aromatic rings. The van der Waals surface area contributed by atoms with Crippen LogP contribution in [0.4, 0.5) is 4.39 Å². The van der Waals surface area contributed by atoms with Crippen molar-refractivity contribution in [2.75, 3.05) is 6.54 Å². The fraction of sp³-hybridized carbons (Fsp3) is 0.600. The highest BCUT2D eigenvalue weighted by Gasteiger charge is 2.31. The van der Waals surface area contributed by atoms with Crippen LogP contribution in [0.25, 0.3) is 0 Å². The van der Waals surface area contributed by atoms with Crippen molar-refractivity contribution in [2.45, 2.75) is 44.8 Å². The fourth-order valence-electron chi connectivity index (χ4n) is 2.58. The van der Waals surface area contributed by atoms with E-state index in [1.54, 1.807) is 6.07 Å². The first-order valence-corrected chi connectivity index (χ1v) is 7.65. The van der Waals surface area contributed by atoms with Gasteiger partial charge in [0.1, 0.15) is 5.82 Å². The molecule has 106 valence electrons. The Bertz CT molecular complexity index is 430. The molecule has 2 nitrogen and oxygen atoms in total. The fourth-order valence-corrected chi connectivity index (χ4v) is 2.97. The molecule has 0 atom stereocenters. The molecule has 1 saturated carbocycles. The summed E-state index contributed by atoms with van der Waals surface area (Å²) in [6.07, 6.45) is 3.88. The van der Waals surface area contributed by atoms with Gasteiger partial charge in [0, 0.05) is 17.6 Å². The molecule has 0 spiro atoms. The van der Waals surface area contributed by atoms with E-state index in [1.165, 1.54) is 12.1 Å². The van der Waals surface area contributed by atoms with Gasteiger partial charge in [-0.05, 0) is 55.4 Å². The zero-order valence-corrected chi connectivity index (χ0v) is 12.8. The third kappa shape index (κ3) is 4.26. The molecule has 0 unspecified atom stereocenters. The van der Waals surface area contributed by atoms with Crippen LogP contribution in [0, 0.1) is 11.7 Å². The average Bonchev–Trinajstić information content (AvgIpc) is 2.38. The minimum Gasteiger partial charge on any atom is -0.389 e. The zero-order chi connectivity index (χ0) is 13.9. The van der Waals surface area contributed by atoms with Crippen molar-refractivity contribution in [1.29, 1.82) is 0 Å². The Hall–Kier alpha value is -0.450. The SMILES string of the molecule is CC1CCC(O)(CNCc2cc(F)ccc2Br)CC1. The lowest BCUT2D eigenvalue weighted by Crippen LogP contribution is -2.43. The molecule has 19 heavy (non-hydrogen) atoms. The van der Waals surface area contributed by atoms with Gasteiger partial charge in [0.25, 0.3) is 0 Å². The van der Waals surface area contributed by atoms with Crippen molar-refractivity contribution in [1.82, 2.24) is 5.32 Å². The minimum atomic E-state index is -0.591. The summed E-state index contributed by atoms with van der Waals surface area (Å²) in [5.74, 6) is 0.489. The molecule has 0 aromatic heterocycles. The molecule has 4 heteroatoms. The van der Waals surface area contributed by atoms with Crippen molar-refractivity contribution >= 4 is 15.9 Å². The normalized spacial score (nSPS) is 27.5. The van der Waals surface area contributed by atoms with E-state index >= 15 is 0 Å². The summed E-state index contributed by atoms with van der Waals surface area (Å²) in [6, 6.07) is 4.66. The summed E-state index contributed by atoms with van der Waals surface area (Å²) >= 11 is 3.41. The lowest BCUT2D eigenvalue weighted by atomic mass is 9.79. The van der Waals surface area contributed by atoms with Crippen LogP contribution in [0.2, 0.25) is 0 Å². The van der Waals surface area contributed by atoms with Gasteiger partial charge in [-0.2, -0.15) is 0 Å². The first-order chi connectivity index (χ1) is 8.98.